The van der Waals surface area contributed by atoms with Crippen LogP contribution in [0.5, 0.6) is 0 Å². The van der Waals surface area contributed by atoms with E-state index in [2.05, 4.69) is 15.4 Å². The lowest BCUT2D eigenvalue weighted by atomic mass is 10.2. The van der Waals surface area contributed by atoms with Crippen LogP contribution in [-0.2, 0) is 4.79 Å². The van der Waals surface area contributed by atoms with Gasteiger partial charge in [-0.3, -0.25) is 4.79 Å². The lowest BCUT2D eigenvalue weighted by Crippen LogP contribution is -2.24. The zero-order valence-electron chi connectivity index (χ0n) is 9.67. The molecule has 1 aromatic carbocycles. The molecule has 0 aliphatic heterocycles. The molecule has 94 valence electrons. The maximum atomic E-state index is 13.0. The van der Waals surface area contributed by atoms with Crippen LogP contribution in [0.4, 0.5) is 15.8 Å². The molecule has 7 heteroatoms. The van der Waals surface area contributed by atoms with Crippen LogP contribution in [-0.4, -0.2) is 20.7 Å². The summed E-state index contributed by atoms with van der Waals surface area (Å²) in [7, 11) is 0. The van der Waals surface area contributed by atoms with Crippen molar-refractivity contribution in [2.45, 2.75) is 13.0 Å². The number of carbonyl (C=O) groups excluding carboxylic acids is 1. The fourth-order valence-electron chi connectivity index (χ4n) is 1.41. The number of hydrogen-bond acceptors (Lipinski definition) is 4. The molecule has 18 heavy (non-hydrogen) atoms. The number of nitrogens with zero attached hydrogens (tertiary/aromatic N) is 3. The smallest absolute Gasteiger partial charge is 0.249 e. The molecule has 1 atom stereocenters. The Balaban J connectivity index is 2.09. The van der Waals surface area contributed by atoms with E-state index in [0.717, 1.165) is 0 Å². The van der Waals surface area contributed by atoms with Gasteiger partial charge in [0.05, 0.1) is 5.69 Å². The molecule has 1 amide bonds. The molecule has 6 nitrogen and oxygen atoms in total. The molecule has 2 rings (SSSR count). The predicted octanol–water partition coefficient (Wildman–Crippen LogP) is 1.20. The second-order valence-corrected chi connectivity index (χ2v) is 3.78. The van der Waals surface area contributed by atoms with E-state index in [4.69, 9.17) is 5.73 Å². The van der Waals surface area contributed by atoms with Crippen molar-refractivity contribution in [2.24, 2.45) is 0 Å². The molecule has 0 aliphatic rings. The van der Waals surface area contributed by atoms with Crippen LogP contribution in [0.25, 0.3) is 0 Å². The first-order chi connectivity index (χ1) is 8.58. The van der Waals surface area contributed by atoms with Crippen LogP contribution < -0.4 is 11.1 Å². The number of amides is 1. The first-order valence-electron chi connectivity index (χ1n) is 5.28. The summed E-state index contributed by atoms with van der Waals surface area (Å²) in [4.78, 5) is 15.6. The van der Waals surface area contributed by atoms with Crippen LogP contribution in [0.15, 0.2) is 30.9 Å². The van der Waals surface area contributed by atoms with Crippen molar-refractivity contribution in [1.82, 2.24) is 14.8 Å². The molecule has 0 radical (unpaired) electrons. The second kappa shape index (κ2) is 4.82. The lowest BCUT2D eigenvalue weighted by molar-refractivity contribution is -0.119. The summed E-state index contributed by atoms with van der Waals surface area (Å²) in [5, 5.41) is 6.49. The Hall–Kier alpha value is -2.44. The van der Waals surface area contributed by atoms with Gasteiger partial charge in [-0.15, -0.1) is 0 Å². The minimum atomic E-state index is -0.516. The number of rotatable bonds is 3. The molecule has 0 spiro atoms. The first-order valence-corrected chi connectivity index (χ1v) is 5.28. The van der Waals surface area contributed by atoms with Gasteiger partial charge in [0.15, 0.2) is 0 Å². The quantitative estimate of drug-likeness (QED) is 0.800. The van der Waals surface area contributed by atoms with Gasteiger partial charge in [0.1, 0.15) is 24.5 Å². The summed E-state index contributed by atoms with van der Waals surface area (Å²) in [6.07, 6.45) is 2.79. The summed E-state index contributed by atoms with van der Waals surface area (Å²) >= 11 is 0. The Kier molecular flexibility index (Phi) is 3.22. The van der Waals surface area contributed by atoms with Gasteiger partial charge in [-0.1, -0.05) is 0 Å². The minimum Gasteiger partial charge on any atom is -0.396 e. The van der Waals surface area contributed by atoms with Crippen molar-refractivity contribution in [3.63, 3.8) is 0 Å². The summed E-state index contributed by atoms with van der Waals surface area (Å²) in [5.74, 6) is -0.802. The van der Waals surface area contributed by atoms with Crippen LogP contribution in [0, 0.1) is 5.82 Å². The molecule has 0 bridgehead atoms. The average molecular weight is 249 g/mol. The molecule has 1 unspecified atom stereocenters. The Morgan fingerprint density at radius 2 is 2.33 bits per heavy atom. The normalized spacial score (nSPS) is 12.1. The Labute approximate surface area is 103 Å². The third-order valence-electron chi connectivity index (χ3n) is 2.48. The van der Waals surface area contributed by atoms with Gasteiger partial charge in [0, 0.05) is 5.69 Å². The van der Waals surface area contributed by atoms with Crippen LogP contribution >= 0.6 is 0 Å². The van der Waals surface area contributed by atoms with Crippen molar-refractivity contribution in [2.75, 3.05) is 11.1 Å². The monoisotopic (exact) mass is 249 g/mol. The van der Waals surface area contributed by atoms with E-state index >= 15 is 0 Å². The highest BCUT2D eigenvalue weighted by Gasteiger charge is 2.15. The Bertz CT molecular complexity index is 555. The summed E-state index contributed by atoms with van der Waals surface area (Å²) in [6.45, 7) is 1.68. The number of nitrogens with two attached hydrogens (primary N) is 1. The number of carbonyl (C=O) groups is 1. The average Bonchev–Trinajstić information content (AvgIpc) is 2.86. The number of aromatic nitrogens is 3. The first kappa shape index (κ1) is 12.0. The minimum absolute atomic E-state index is 0.0128. The zero-order valence-corrected chi connectivity index (χ0v) is 9.67. The van der Waals surface area contributed by atoms with Crippen LogP contribution in [0.2, 0.25) is 0 Å². The van der Waals surface area contributed by atoms with Crippen molar-refractivity contribution < 1.29 is 9.18 Å². The molecule has 1 aromatic heterocycles. The maximum Gasteiger partial charge on any atom is 0.249 e. The molecular formula is C11H12FN5O. The number of hydrogen-bond donors (Lipinski definition) is 2. The summed E-state index contributed by atoms with van der Waals surface area (Å²) < 4.78 is 14.4. The SMILES string of the molecule is CC(C(=O)Nc1ccc(F)c(N)c1)n1cncn1. The van der Waals surface area contributed by atoms with E-state index in [-0.39, 0.29) is 11.6 Å². The number of anilines is 2. The zero-order chi connectivity index (χ0) is 13.1. The molecule has 3 N–H and O–H groups in total. The highest BCUT2D eigenvalue weighted by Crippen LogP contribution is 2.17. The van der Waals surface area contributed by atoms with Gasteiger partial charge < -0.3 is 11.1 Å². The maximum absolute atomic E-state index is 13.0. The summed E-state index contributed by atoms with van der Waals surface area (Å²) in [5.41, 5.74) is 5.84. The third-order valence-corrected chi connectivity index (χ3v) is 2.48. The highest BCUT2D eigenvalue weighted by atomic mass is 19.1. The van der Waals surface area contributed by atoms with E-state index in [9.17, 15) is 9.18 Å². The molecule has 0 aliphatic carbocycles. The standard InChI is InChI=1S/C11H12FN5O/c1-7(17-6-14-5-15-17)11(18)16-8-2-3-9(12)10(13)4-8/h2-7H,13H2,1H3,(H,16,18). The van der Waals surface area contributed by atoms with E-state index in [1.54, 1.807) is 6.92 Å². The fraction of sp³-hybridized carbons (Fsp3) is 0.182. The second-order valence-electron chi connectivity index (χ2n) is 3.78. The Morgan fingerprint density at radius 1 is 1.56 bits per heavy atom. The lowest BCUT2D eigenvalue weighted by Gasteiger charge is -2.12. The van der Waals surface area contributed by atoms with Gasteiger partial charge >= 0.3 is 0 Å². The van der Waals surface area contributed by atoms with Crippen LogP contribution in [0.3, 0.4) is 0 Å². The third kappa shape index (κ3) is 2.45. The molecule has 1 heterocycles. The van der Waals surface area contributed by atoms with Crippen molar-refractivity contribution in [3.8, 4) is 0 Å². The van der Waals surface area contributed by atoms with E-state index < -0.39 is 11.9 Å². The number of nitrogens with one attached hydrogen (secondary N) is 1. The van der Waals surface area contributed by atoms with Crippen LogP contribution in [0.1, 0.15) is 13.0 Å². The molecule has 0 saturated carbocycles. The molecule has 0 fully saturated rings. The van der Waals surface area contributed by atoms with Crippen molar-refractivity contribution >= 4 is 17.3 Å². The van der Waals surface area contributed by atoms with Gasteiger partial charge in [-0.2, -0.15) is 5.10 Å². The van der Waals surface area contributed by atoms with E-state index in [0.29, 0.717) is 5.69 Å². The van der Waals surface area contributed by atoms with Gasteiger partial charge in [0.25, 0.3) is 0 Å². The van der Waals surface area contributed by atoms with Gasteiger partial charge in [0.2, 0.25) is 5.91 Å². The van der Waals surface area contributed by atoms with Gasteiger partial charge in [-0.25, -0.2) is 14.1 Å². The fourth-order valence-corrected chi connectivity index (χ4v) is 1.41. The summed E-state index contributed by atoms with van der Waals surface area (Å²) in [6, 6.07) is 3.49. The highest BCUT2D eigenvalue weighted by molar-refractivity contribution is 5.93. The largest absolute Gasteiger partial charge is 0.396 e. The van der Waals surface area contributed by atoms with Crippen molar-refractivity contribution in [1.29, 1.82) is 0 Å². The van der Waals surface area contributed by atoms with Crippen molar-refractivity contribution in [3.05, 3.63) is 36.7 Å². The topological polar surface area (TPSA) is 85.8 Å². The van der Waals surface area contributed by atoms with E-state index in [1.807, 2.05) is 0 Å². The number of nitrogen functional groups attached to an aromatic ring is 1. The van der Waals surface area contributed by atoms with Gasteiger partial charge in [-0.05, 0) is 25.1 Å². The molecule has 0 saturated heterocycles. The molecular weight excluding hydrogens is 237 g/mol. The number of benzene rings is 1. The predicted molar refractivity (Wildman–Crippen MR) is 64.2 cm³/mol. The number of halogens is 1. The Morgan fingerprint density at radius 3 is 2.94 bits per heavy atom. The van der Waals surface area contributed by atoms with E-state index in [1.165, 1.54) is 35.5 Å². The molecule has 2 aromatic rings.